The summed E-state index contributed by atoms with van der Waals surface area (Å²) in [5.41, 5.74) is 1.35. The first-order valence-corrected chi connectivity index (χ1v) is 7.72. The van der Waals surface area contributed by atoms with Crippen LogP contribution < -0.4 is 15.2 Å². The van der Waals surface area contributed by atoms with E-state index in [-0.39, 0.29) is 30.8 Å². The van der Waals surface area contributed by atoms with E-state index in [0.717, 1.165) is 5.56 Å². The van der Waals surface area contributed by atoms with Crippen LogP contribution in [-0.2, 0) is 11.3 Å². The van der Waals surface area contributed by atoms with Crippen LogP contribution in [0.5, 0.6) is 0 Å². The van der Waals surface area contributed by atoms with Crippen molar-refractivity contribution in [2.45, 2.75) is 6.54 Å². The summed E-state index contributed by atoms with van der Waals surface area (Å²) in [4.78, 5) is 30.4. The van der Waals surface area contributed by atoms with Gasteiger partial charge in [-0.15, -0.1) is 0 Å². The van der Waals surface area contributed by atoms with Gasteiger partial charge in [0.1, 0.15) is 12.4 Å². The average molecular weight is 343 g/mol. The molecule has 0 unspecified atom stereocenters. The first kappa shape index (κ1) is 16.7. The molecule has 0 saturated heterocycles. The van der Waals surface area contributed by atoms with Gasteiger partial charge in [-0.25, -0.2) is 19.2 Å². The van der Waals surface area contributed by atoms with Gasteiger partial charge in [-0.05, 0) is 29.8 Å². The van der Waals surface area contributed by atoms with Crippen LogP contribution in [0, 0.1) is 5.82 Å². The lowest BCUT2D eigenvalue weighted by Crippen LogP contribution is -2.55. The molecule has 1 aliphatic rings. The Morgan fingerprint density at radius 1 is 1.16 bits per heavy atom. The van der Waals surface area contributed by atoms with E-state index in [1.165, 1.54) is 22.0 Å². The second-order valence-corrected chi connectivity index (χ2v) is 5.67. The fraction of sp³-hybridized carbons (Fsp3) is 0.235. The molecule has 2 heterocycles. The molecule has 1 aliphatic heterocycles. The van der Waals surface area contributed by atoms with E-state index in [1.54, 1.807) is 49.6 Å². The third-order valence-electron chi connectivity index (χ3n) is 4.03. The maximum absolute atomic E-state index is 12.9. The van der Waals surface area contributed by atoms with E-state index in [9.17, 15) is 14.0 Å². The van der Waals surface area contributed by atoms with Gasteiger partial charge in [-0.3, -0.25) is 14.7 Å². The number of fused-ring (bicyclic) bond motifs is 1. The molecular formula is C17H18FN5O2. The Hall–Kier alpha value is -3.16. The number of nitrogens with one attached hydrogen (secondary N) is 1. The van der Waals surface area contributed by atoms with Crippen molar-refractivity contribution in [2.75, 3.05) is 30.5 Å². The first-order valence-electron chi connectivity index (χ1n) is 7.72. The van der Waals surface area contributed by atoms with Gasteiger partial charge in [0.2, 0.25) is 5.91 Å². The average Bonchev–Trinajstić information content (AvgIpc) is 2.63. The lowest BCUT2D eigenvalue weighted by Gasteiger charge is -2.40. The van der Waals surface area contributed by atoms with Gasteiger partial charge >= 0.3 is 6.03 Å². The molecule has 1 aromatic carbocycles. The van der Waals surface area contributed by atoms with Crippen LogP contribution in [0.3, 0.4) is 0 Å². The predicted molar refractivity (Wildman–Crippen MR) is 91.4 cm³/mol. The molecule has 0 aliphatic carbocycles. The Bertz CT molecular complexity index is 796. The van der Waals surface area contributed by atoms with Crippen LogP contribution in [0.4, 0.5) is 20.7 Å². The van der Waals surface area contributed by atoms with Crippen molar-refractivity contribution in [1.29, 1.82) is 0 Å². The summed E-state index contributed by atoms with van der Waals surface area (Å²) >= 11 is 0. The molecule has 1 aromatic heterocycles. The molecule has 8 heteroatoms. The number of benzene rings is 1. The molecule has 2 aromatic rings. The number of urea groups is 1. The highest BCUT2D eigenvalue weighted by Crippen LogP contribution is 2.31. The minimum atomic E-state index is -0.328. The number of anilines is 2. The van der Waals surface area contributed by atoms with E-state index in [2.05, 4.69) is 10.3 Å². The highest BCUT2D eigenvalue weighted by atomic mass is 19.1. The summed E-state index contributed by atoms with van der Waals surface area (Å²) in [6.45, 7) is 0.133. The van der Waals surface area contributed by atoms with E-state index >= 15 is 0 Å². The first-order chi connectivity index (χ1) is 12.0. The molecule has 0 fully saturated rings. The number of pyridine rings is 1. The highest BCUT2D eigenvalue weighted by Gasteiger charge is 2.33. The number of amides is 3. The monoisotopic (exact) mass is 343 g/mol. The lowest BCUT2D eigenvalue weighted by molar-refractivity contribution is -0.119. The van der Waals surface area contributed by atoms with E-state index in [0.29, 0.717) is 11.5 Å². The van der Waals surface area contributed by atoms with Crippen molar-refractivity contribution < 1.29 is 14.0 Å². The molecule has 25 heavy (non-hydrogen) atoms. The molecule has 3 rings (SSSR count). The van der Waals surface area contributed by atoms with Gasteiger partial charge in [0.05, 0.1) is 5.69 Å². The standard InChI is InChI=1S/C17H18FN5O2/c1-21-16-14(4-3-9-19-16)23(17(25)22(21)2)11-15(24)20-10-12-5-7-13(18)8-6-12/h3-9H,10-11H2,1-2H3,(H,20,24). The Morgan fingerprint density at radius 3 is 2.60 bits per heavy atom. The molecule has 0 radical (unpaired) electrons. The molecule has 7 nitrogen and oxygen atoms in total. The molecule has 0 atom stereocenters. The number of nitrogens with zero attached hydrogens (tertiary/aromatic N) is 4. The summed E-state index contributed by atoms with van der Waals surface area (Å²) in [6, 6.07) is 9.02. The molecule has 130 valence electrons. The quantitative estimate of drug-likeness (QED) is 0.918. The topological polar surface area (TPSA) is 68.8 Å². The van der Waals surface area contributed by atoms with Crippen molar-refractivity contribution in [1.82, 2.24) is 15.3 Å². The Balaban J connectivity index is 1.70. The third-order valence-corrected chi connectivity index (χ3v) is 4.03. The number of hydrazine groups is 1. The number of hydrogen-bond acceptors (Lipinski definition) is 4. The van der Waals surface area contributed by atoms with Crippen molar-refractivity contribution in [3.8, 4) is 0 Å². The highest BCUT2D eigenvalue weighted by molar-refractivity contribution is 6.02. The minimum absolute atomic E-state index is 0.128. The molecule has 0 spiro atoms. The van der Waals surface area contributed by atoms with E-state index in [4.69, 9.17) is 0 Å². The van der Waals surface area contributed by atoms with Crippen molar-refractivity contribution in [3.05, 3.63) is 54.0 Å². The number of halogens is 1. The van der Waals surface area contributed by atoms with E-state index in [1.807, 2.05) is 0 Å². The summed E-state index contributed by atoms with van der Waals surface area (Å²) < 4.78 is 12.9. The number of hydrogen-bond donors (Lipinski definition) is 1. The summed E-state index contributed by atoms with van der Waals surface area (Å²) in [6.07, 6.45) is 1.63. The van der Waals surface area contributed by atoms with Crippen LogP contribution in [0.25, 0.3) is 0 Å². The smallest absolute Gasteiger partial charge is 0.343 e. The zero-order chi connectivity index (χ0) is 18.0. The van der Waals surface area contributed by atoms with Crippen LogP contribution in [-0.4, -0.2) is 42.6 Å². The fourth-order valence-corrected chi connectivity index (χ4v) is 2.55. The minimum Gasteiger partial charge on any atom is -0.350 e. The Labute approximate surface area is 144 Å². The van der Waals surface area contributed by atoms with Gasteiger partial charge in [-0.2, -0.15) is 0 Å². The van der Waals surface area contributed by atoms with Gasteiger partial charge < -0.3 is 5.32 Å². The second-order valence-electron chi connectivity index (χ2n) is 5.67. The predicted octanol–water partition coefficient (Wildman–Crippen LogP) is 1.76. The Morgan fingerprint density at radius 2 is 1.88 bits per heavy atom. The van der Waals surface area contributed by atoms with Gasteiger partial charge in [0.15, 0.2) is 5.82 Å². The normalized spacial score (nSPS) is 13.7. The number of carbonyl (C=O) groups is 2. The summed E-state index contributed by atoms with van der Waals surface area (Å²) in [7, 11) is 3.35. The third kappa shape index (κ3) is 3.37. The maximum Gasteiger partial charge on any atom is 0.343 e. The SMILES string of the molecule is CN1C(=O)N(CC(=O)NCc2ccc(F)cc2)c2cccnc2N1C. The number of carbonyl (C=O) groups excluding carboxylic acids is 2. The van der Waals surface area contributed by atoms with Crippen molar-refractivity contribution in [2.24, 2.45) is 0 Å². The Kier molecular flexibility index (Phi) is 4.51. The lowest BCUT2D eigenvalue weighted by atomic mass is 10.2. The molecule has 0 saturated carbocycles. The maximum atomic E-state index is 12.9. The molecule has 3 amide bonds. The molecule has 1 N–H and O–H groups in total. The summed E-state index contributed by atoms with van der Waals surface area (Å²) in [5, 5.41) is 5.76. The zero-order valence-corrected chi connectivity index (χ0v) is 13.9. The van der Waals surface area contributed by atoms with Crippen LogP contribution in [0.15, 0.2) is 42.6 Å². The van der Waals surface area contributed by atoms with Gasteiger partial charge in [0, 0.05) is 26.8 Å². The van der Waals surface area contributed by atoms with Crippen LogP contribution in [0.2, 0.25) is 0 Å². The van der Waals surface area contributed by atoms with Crippen LogP contribution in [0.1, 0.15) is 5.56 Å². The second kappa shape index (κ2) is 6.76. The summed E-state index contributed by atoms with van der Waals surface area (Å²) in [5.74, 6) is -0.0494. The van der Waals surface area contributed by atoms with E-state index < -0.39 is 0 Å². The van der Waals surface area contributed by atoms with Gasteiger partial charge in [0.25, 0.3) is 0 Å². The van der Waals surface area contributed by atoms with Crippen LogP contribution >= 0.6 is 0 Å². The number of aromatic nitrogens is 1. The fourth-order valence-electron chi connectivity index (χ4n) is 2.55. The molecular weight excluding hydrogens is 325 g/mol. The largest absolute Gasteiger partial charge is 0.350 e. The number of rotatable bonds is 4. The molecule has 0 bridgehead atoms. The van der Waals surface area contributed by atoms with Gasteiger partial charge in [-0.1, -0.05) is 12.1 Å². The van der Waals surface area contributed by atoms with Crippen molar-refractivity contribution in [3.63, 3.8) is 0 Å². The zero-order valence-electron chi connectivity index (χ0n) is 13.9. The van der Waals surface area contributed by atoms with Crippen molar-refractivity contribution >= 4 is 23.4 Å².